The molecule has 0 fully saturated rings. The van der Waals surface area contributed by atoms with Gasteiger partial charge in [0.2, 0.25) is 0 Å². The van der Waals surface area contributed by atoms with Crippen molar-refractivity contribution in [1.29, 1.82) is 0 Å². The zero-order chi connectivity index (χ0) is 57.6. The van der Waals surface area contributed by atoms with E-state index >= 15 is 0 Å². The highest BCUT2D eigenvalue weighted by atomic mass is 35.5. The summed E-state index contributed by atoms with van der Waals surface area (Å²) in [6, 6.07) is 64.6. The number of rotatable bonds is 9. The Balaban J connectivity index is 1.40. The number of fused-ring (bicyclic) bond motifs is 3. The third kappa shape index (κ3) is 11.3. The summed E-state index contributed by atoms with van der Waals surface area (Å²) in [5, 5.41) is 0.657. The summed E-state index contributed by atoms with van der Waals surface area (Å²) >= 11 is 8.38. The third-order valence-electron chi connectivity index (χ3n) is 16.5. The number of anilines is 9. The van der Waals surface area contributed by atoms with E-state index < -0.39 is 0 Å². The fourth-order valence-corrected chi connectivity index (χ4v) is 11.5. The van der Waals surface area contributed by atoms with Crippen LogP contribution in [-0.2, 0) is 37.9 Å². The number of benzene rings is 8. The Morgan fingerprint density at radius 2 is 0.570 bits per heavy atom. The van der Waals surface area contributed by atoms with Crippen LogP contribution < -0.4 is 14.7 Å². The van der Waals surface area contributed by atoms with Gasteiger partial charge in [-0.05, 0) is 167 Å². The standard InChI is InChI=1S/C75H88ClN3/c1-69(2,3)49-25-35-55(36-26-49)77(56-37-27-50(28-38-56)70(4,5)6)64-48-60(47-63-67(64)61-23-21-22-24-62(61)75(63,19)20)79(59-43-33-53(34-44-59)73(13,14)15)66-46-54(74(16,17)18)45-65(68(66)76)78(57-39-29-51(30-40-57)71(7,8)9)58-41-31-52(32-42-58)72(10,11)12/h21-48H,1-20H3. The molecule has 79 heavy (non-hydrogen) atoms. The van der Waals surface area contributed by atoms with Crippen LogP contribution in [0.1, 0.15) is 183 Å². The van der Waals surface area contributed by atoms with E-state index in [1.807, 2.05) is 0 Å². The van der Waals surface area contributed by atoms with Gasteiger partial charge in [-0.15, -0.1) is 0 Å². The van der Waals surface area contributed by atoms with E-state index in [2.05, 4.69) is 323 Å². The van der Waals surface area contributed by atoms with Crippen LogP contribution in [0.5, 0.6) is 0 Å². The lowest BCUT2D eigenvalue weighted by Crippen LogP contribution is -2.21. The molecule has 0 bridgehead atoms. The molecule has 0 unspecified atom stereocenters. The minimum absolute atomic E-state index is 0.00800. The fourth-order valence-electron chi connectivity index (χ4n) is 11.3. The molecule has 0 aliphatic heterocycles. The van der Waals surface area contributed by atoms with Crippen LogP contribution >= 0.6 is 11.6 Å². The molecule has 0 amide bonds. The van der Waals surface area contributed by atoms with Gasteiger partial charge in [0.05, 0.1) is 22.1 Å². The van der Waals surface area contributed by atoms with Gasteiger partial charge < -0.3 is 14.7 Å². The molecule has 3 nitrogen and oxygen atoms in total. The van der Waals surface area contributed by atoms with Gasteiger partial charge in [-0.2, -0.15) is 0 Å². The van der Waals surface area contributed by atoms with E-state index in [1.54, 1.807) is 0 Å². The van der Waals surface area contributed by atoms with Crippen LogP contribution in [0.15, 0.2) is 170 Å². The summed E-state index contributed by atoms with van der Waals surface area (Å²) in [6.45, 7) is 46.0. The minimum atomic E-state index is -0.340. The number of hydrogen-bond donors (Lipinski definition) is 0. The summed E-state index contributed by atoms with van der Waals surface area (Å²) < 4.78 is 0. The lowest BCUT2D eigenvalue weighted by Gasteiger charge is -2.36. The first-order valence-electron chi connectivity index (χ1n) is 28.7. The number of halogens is 1. The summed E-state index contributed by atoms with van der Waals surface area (Å²) in [5.74, 6) is 0. The van der Waals surface area contributed by atoms with Gasteiger partial charge in [0, 0.05) is 45.1 Å². The molecule has 0 aromatic heterocycles. The van der Waals surface area contributed by atoms with E-state index in [-0.39, 0.29) is 37.9 Å². The first-order chi connectivity index (χ1) is 36.6. The molecule has 410 valence electrons. The predicted octanol–water partition coefficient (Wildman–Crippen LogP) is 22.8. The minimum Gasteiger partial charge on any atom is -0.310 e. The lowest BCUT2D eigenvalue weighted by molar-refractivity contribution is 0.589. The van der Waals surface area contributed by atoms with E-state index in [9.17, 15) is 0 Å². The monoisotopic (exact) mass is 1070 g/mol. The normalized spacial score (nSPS) is 13.7. The fraction of sp³-hybridized carbons (Fsp3) is 0.360. The molecule has 8 aromatic carbocycles. The highest BCUT2D eigenvalue weighted by molar-refractivity contribution is 6.37. The van der Waals surface area contributed by atoms with Crippen molar-refractivity contribution in [3.05, 3.63) is 219 Å². The smallest absolute Gasteiger partial charge is 0.0887 e. The van der Waals surface area contributed by atoms with Crippen LogP contribution in [-0.4, -0.2) is 0 Å². The Bertz CT molecular complexity index is 3370. The summed E-state index contributed by atoms with van der Waals surface area (Å²) in [4.78, 5) is 7.32. The molecule has 0 N–H and O–H groups in total. The highest BCUT2D eigenvalue weighted by Gasteiger charge is 2.40. The van der Waals surface area contributed by atoms with E-state index in [0.29, 0.717) is 5.02 Å². The van der Waals surface area contributed by atoms with Gasteiger partial charge in [0.1, 0.15) is 0 Å². The Hall–Kier alpha value is -6.55. The average molecular weight is 1070 g/mol. The first-order valence-corrected chi connectivity index (χ1v) is 29.1. The van der Waals surface area contributed by atoms with Crippen molar-refractivity contribution in [2.75, 3.05) is 14.7 Å². The maximum atomic E-state index is 8.38. The summed E-state index contributed by atoms with van der Waals surface area (Å²) in [7, 11) is 0. The van der Waals surface area contributed by atoms with E-state index in [4.69, 9.17) is 11.6 Å². The molecule has 4 heteroatoms. The Morgan fingerprint density at radius 1 is 0.291 bits per heavy atom. The third-order valence-corrected chi connectivity index (χ3v) is 16.9. The largest absolute Gasteiger partial charge is 0.310 e. The van der Waals surface area contributed by atoms with Crippen molar-refractivity contribution in [3.8, 4) is 11.1 Å². The second kappa shape index (κ2) is 20.2. The molecular formula is C75H88ClN3. The Labute approximate surface area is 481 Å². The van der Waals surface area contributed by atoms with Crippen molar-refractivity contribution < 1.29 is 0 Å². The maximum Gasteiger partial charge on any atom is 0.0887 e. The van der Waals surface area contributed by atoms with Crippen LogP contribution in [0.4, 0.5) is 51.2 Å². The van der Waals surface area contributed by atoms with Gasteiger partial charge >= 0.3 is 0 Å². The van der Waals surface area contributed by atoms with Crippen molar-refractivity contribution in [1.82, 2.24) is 0 Å². The number of nitrogens with zero attached hydrogens (tertiary/aromatic N) is 3. The SMILES string of the molecule is CC(C)(C)c1ccc(N(c2ccc(C(C)(C)C)cc2)c2cc(C(C)(C)C)cc(N(c3ccc(C(C)(C)C)cc3)c3cc(N(c4ccc(C(C)(C)C)cc4)c4ccc(C(C)(C)C)cc4)c4c(c3)C(C)(C)c3ccccc3-4)c2Cl)cc1. The summed E-state index contributed by atoms with van der Waals surface area (Å²) in [6.07, 6.45) is 0. The van der Waals surface area contributed by atoms with E-state index in [0.717, 1.165) is 51.2 Å². The van der Waals surface area contributed by atoms with Gasteiger partial charge in [-0.25, -0.2) is 0 Å². The topological polar surface area (TPSA) is 9.72 Å². The first kappa shape index (κ1) is 57.1. The second-order valence-electron chi connectivity index (χ2n) is 29.1. The van der Waals surface area contributed by atoms with Crippen LogP contribution in [0, 0.1) is 0 Å². The molecule has 0 radical (unpaired) electrons. The van der Waals surface area contributed by atoms with Gasteiger partial charge in [0.15, 0.2) is 0 Å². The number of hydrogen-bond acceptors (Lipinski definition) is 3. The predicted molar refractivity (Wildman–Crippen MR) is 345 cm³/mol. The quantitative estimate of drug-likeness (QED) is 0.143. The molecule has 1 aliphatic rings. The van der Waals surface area contributed by atoms with Gasteiger partial charge in [0.25, 0.3) is 0 Å². The van der Waals surface area contributed by atoms with Crippen LogP contribution in [0.3, 0.4) is 0 Å². The van der Waals surface area contributed by atoms with Crippen molar-refractivity contribution in [2.45, 2.75) is 176 Å². The molecule has 0 saturated carbocycles. The molecule has 1 aliphatic carbocycles. The highest BCUT2D eigenvalue weighted by Crippen LogP contribution is 2.58. The molecule has 0 spiro atoms. The van der Waals surface area contributed by atoms with Gasteiger partial charge in [-0.3, -0.25) is 0 Å². The molecule has 8 aromatic rings. The summed E-state index contributed by atoms with van der Waals surface area (Å²) in [5.41, 5.74) is 21.3. The zero-order valence-corrected chi connectivity index (χ0v) is 52.1. The van der Waals surface area contributed by atoms with Crippen molar-refractivity contribution >= 4 is 62.8 Å². The van der Waals surface area contributed by atoms with Gasteiger partial charge in [-0.1, -0.05) is 235 Å². The molecular weight excluding hydrogens is 978 g/mol. The zero-order valence-electron chi connectivity index (χ0n) is 51.4. The molecule has 0 heterocycles. The molecule has 0 atom stereocenters. The van der Waals surface area contributed by atoms with Crippen LogP contribution in [0.2, 0.25) is 5.02 Å². The van der Waals surface area contributed by atoms with E-state index in [1.165, 1.54) is 55.6 Å². The van der Waals surface area contributed by atoms with Crippen molar-refractivity contribution in [2.24, 2.45) is 0 Å². The van der Waals surface area contributed by atoms with Crippen LogP contribution in [0.25, 0.3) is 11.1 Å². The second-order valence-corrected chi connectivity index (χ2v) is 29.5. The lowest BCUT2D eigenvalue weighted by atomic mass is 9.82. The maximum absolute atomic E-state index is 8.38. The molecule has 0 saturated heterocycles. The molecule has 9 rings (SSSR count). The Morgan fingerprint density at radius 3 is 0.873 bits per heavy atom. The Kier molecular flexibility index (Phi) is 14.6. The van der Waals surface area contributed by atoms with Crippen molar-refractivity contribution in [3.63, 3.8) is 0 Å². The average Bonchev–Trinajstić information content (AvgIpc) is 3.93.